The first-order chi connectivity index (χ1) is 16.7. The first-order valence-corrected chi connectivity index (χ1v) is 10.8. The number of halogens is 2. The number of nitrogens with one attached hydrogen (secondary N) is 2. The van der Waals surface area contributed by atoms with Crippen molar-refractivity contribution in [1.29, 1.82) is 0 Å². The van der Waals surface area contributed by atoms with Crippen LogP contribution in [0.5, 0.6) is 5.75 Å². The second-order valence-corrected chi connectivity index (χ2v) is 8.54. The number of amides is 1. The van der Waals surface area contributed by atoms with Crippen molar-refractivity contribution in [3.8, 4) is 17.0 Å². The molecule has 1 fully saturated rings. The van der Waals surface area contributed by atoms with Crippen LogP contribution in [0.1, 0.15) is 41.6 Å². The van der Waals surface area contributed by atoms with Crippen molar-refractivity contribution in [3.05, 3.63) is 65.1 Å². The minimum Gasteiger partial charge on any atom is -0.619 e. The number of ether oxygens (including phenoxy) is 2. The van der Waals surface area contributed by atoms with Gasteiger partial charge in [0.05, 0.1) is 16.8 Å². The van der Waals surface area contributed by atoms with Gasteiger partial charge in [0.2, 0.25) is 0 Å². The lowest BCUT2D eigenvalue weighted by atomic mass is 9.73. The smallest absolute Gasteiger partial charge is 0.387 e. The van der Waals surface area contributed by atoms with Gasteiger partial charge in [-0.25, -0.2) is 4.79 Å². The monoisotopic (exact) mass is 486 g/mol. The molecule has 12 heteroatoms. The highest BCUT2D eigenvalue weighted by atomic mass is 19.3. The number of aromatic nitrogens is 3. The molecule has 1 spiro atoms. The number of hydrogen-bond acceptors (Lipinski definition) is 7. The molecule has 0 atom stereocenters. The number of carbonyl (C=O) groups excluding carboxylic acids is 2. The van der Waals surface area contributed by atoms with Crippen molar-refractivity contribution in [2.75, 3.05) is 5.32 Å². The number of aliphatic hydroxyl groups is 1. The quantitative estimate of drug-likeness (QED) is 0.286. The van der Waals surface area contributed by atoms with Crippen molar-refractivity contribution in [2.45, 2.75) is 43.5 Å². The lowest BCUT2D eigenvalue weighted by Crippen LogP contribution is -2.49. The molecule has 10 nitrogen and oxygen atoms in total. The Morgan fingerprint density at radius 3 is 2.71 bits per heavy atom. The standard InChI is InChI=1S/C23H20F2N4O6/c24-21(25)34-17-4-2-1-3-14(17)16-11-18(28-27-16)26-20(31)22(32)6-8-23(9-7-22)15-12-29(33)10-5-13(15)19(30)35-23/h1-5,10-12,21,32H,6-9H2,(H2,26,27,28,31)/t22-,23+. The van der Waals surface area contributed by atoms with Crippen molar-refractivity contribution in [1.82, 2.24) is 10.2 Å². The van der Waals surface area contributed by atoms with Crippen molar-refractivity contribution < 1.29 is 37.7 Å². The molecule has 1 aliphatic carbocycles. The Kier molecular flexibility index (Phi) is 5.39. The van der Waals surface area contributed by atoms with Crippen LogP contribution in [0.25, 0.3) is 11.3 Å². The third-order valence-electron chi connectivity index (χ3n) is 6.45. The van der Waals surface area contributed by atoms with Gasteiger partial charge in [0.15, 0.2) is 18.2 Å². The SMILES string of the molecule is O=C1O[C@]2(CC[C@](O)(C(=O)Nc3cc(-c4ccccc4OC(F)F)[nH]n3)CC2)c2c[n+]([O-])ccc21. The van der Waals surface area contributed by atoms with Crippen LogP contribution in [-0.2, 0) is 15.1 Å². The molecule has 182 valence electrons. The van der Waals surface area contributed by atoms with Gasteiger partial charge in [0.25, 0.3) is 5.91 Å². The number of aromatic amines is 1. The maximum absolute atomic E-state index is 12.9. The summed E-state index contributed by atoms with van der Waals surface area (Å²) in [5, 5.41) is 32.0. The highest BCUT2D eigenvalue weighted by Gasteiger charge is 2.54. The van der Waals surface area contributed by atoms with E-state index >= 15 is 0 Å². The third-order valence-corrected chi connectivity index (χ3v) is 6.45. The van der Waals surface area contributed by atoms with Gasteiger partial charge in [0.1, 0.15) is 17.0 Å². The number of alkyl halides is 2. The molecule has 1 aliphatic heterocycles. The Balaban J connectivity index is 1.29. The predicted octanol–water partition coefficient (Wildman–Crippen LogP) is 2.62. The number of esters is 1. The van der Waals surface area contributed by atoms with E-state index in [1.54, 1.807) is 18.2 Å². The van der Waals surface area contributed by atoms with E-state index in [0.717, 1.165) is 0 Å². The van der Waals surface area contributed by atoms with Crippen LogP contribution in [0.3, 0.4) is 0 Å². The zero-order chi connectivity index (χ0) is 24.8. The number of anilines is 1. The van der Waals surface area contributed by atoms with Crippen LogP contribution >= 0.6 is 0 Å². The van der Waals surface area contributed by atoms with Gasteiger partial charge in [-0.3, -0.25) is 9.89 Å². The summed E-state index contributed by atoms with van der Waals surface area (Å²) in [5.74, 6) is -1.24. The van der Waals surface area contributed by atoms with Gasteiger partial charge >= 0.3 is 12.6 Å². The molecule has 1 saturated carbocycles. The Labute approximate surface area is 197 Å². The number of pyridine rings is 1. The maximum Gasteiger partial charge on any atom is 0.387 e. The molecule has 1 aromatic carbocycles. The molecule has 3 N–H and O–H groups in total. The first kappa shape index (κ1) is 22.7. The Morgan fingerprint density at radius 2 is 1.97 bits per heavy atom. The van der Waals surface area contributed by atoms with Crippen LogP contribution in [-0.4, -0.2) is 39.4 Å². The molecule has 35 heavy (non-hydrogen) atoms. The lowest BCUT2D eigenvalue weighted by molar-refractivity contribution is -0.606. The van der Waals surface area contributed by atoms with Gasteiger partial charge in [-0.15, -0.1) is 0 Å². The average Bonchev–Trinajstić information content (AvgIpc) is 3.38. The Hall–Kier alpha value is -4.06. The maximum atomic E-state index is 12.9. The van der Waals surface area contributed by atoms with Crippen LogP contribution in [0.15, 0.2) is 48.8 Å². The molecule has 0 saturated heterocycles. The molecule has 0 radical (unpaired) electrons. The lowest BCUT2D eigenvalue weighted by Gasteiger charge is -2.39. The highest BCUT2D eigenvalue weighted by Crippen LogP contribution is 2.49. The normalized spacial score (nSPS) is 23.3. The van der Waals surface area contributed by atoms with Crippen molar-refractivity contribution >= 4 is 17.7 Å². The van der Waals surface area contributed by atoms with Gasteiger partial charge < -0.3 is 25.1 Å². The molecule has 1 amide bonds. The highest BCUT2D eigenvalue weighted by molar-refractivity contribution is 5.97. The van der Waals surface area contributed by atoms with E-state index in [9.17, 15) is 28.7 Å². The number of para-hydroxylation sites is 1. The van der Waals surface area contributed by atoms with E-state index in [2.05, 4.69) is 20.3 Å². The van der Waals surface area contributed by atoms with Gasteiger partial charge in [-0.2, -0.15) is 18.6 Å². The van der Waals surface area contributed by atoms with Gasteiger partial charge in [-0.1, -0.05) is 12.1 Å². The Morgan fingerprint density at radius 1 is 1.23 bits per heavy atom. The summed E-state index contributed by atoms with van der Waals surface area (Å²) in [6.07, 6.45) is 2.73. The molecule has 2 aliphatic rings. The van der Waals surface area contributed by atoms with Gasteiger partial charge in [0, 0.05) is 17.7 Å². The number of fused-ring (bicyclic) bond motifs is 2. The molecule has 5 rings (SSSR count). The molecule has 3 aromatic rings. The van der Waals surface area contributed by atoms with E-state index in [1.807, 2.05) is 0 Å². The van der Waals surface area contributed by atoms with E-state index < -0.39 is 29.7 Å². The molecule has 2 aromatic heterocycles. The number of hydrogen-bond donors (Lipinski definition) is 3. The fourth-order valence-electron chi connectivity index (χ4n) is 4.62. The topological polar surface area (TPSA) is 140 Å². The van der Waals surface area contributed by atoms with E-state index in [-0.39, 0.29) is 37.3 Å². The van der Waals surface area contributed by atoms with Crippen molar-refractivity contribution in [3.63, 3.8) is 0 Å². The summed E-state index contributed by atoms with van der Waals surface area (Å²) in [4.78, 5) is 25.2. The van der Waals surface area contributed by atoms with E-state index in [0.29, 0.717) is 27.1 Å². The van der Waals surface area contributed by atoms with Crippen LogP contribution in [0, 0.1) is 5.21 Å². The van der Waals surface area contributed by atoms with E-state index in [1.165, 1.54) is 30.6 Å². The molecule has 0 bridgehead atoms. The number of nitrogens with zero attached hydrogens (tertiary/aromatic N) is 2. The largest absolute Gasteiger partial charge is 0.619 e. The van der Waals surface area contributed by atoms with Gasteiger partial charge in [-0.05, 0) is 37.8 Å². The third kappa shape index (κ3) is 4.05. The first-order valence-electron chi connectivity index (χ1n) is 10.8. The summed E-state index contributed by atoms with van der Waals surface area (Å²) in [5.41, 5.74) is -1.45. The summed E-state index contributed by atoms with van der Waals surface area (Å²) in [7, 11) is 0. The molecular weight excluding hydrogens is 466 g/mol. The van der Waals surface area contributed by atoms with E-state index in [4.69, 9.17) is 4.74 Å². The fourth-order valence-corrected chi connectivity index (χ4v) is 4.62. The minimum absolute atomic E-state index is 0.0261. The van der Waals surface area contributed by atoms with Crippen LogP contribution < -0.4 is 14.8 Å². The zero-order valence-corrected chi connectivity index (χ0v) is 18.2. The van der Waals surface area contributed by atoms with Crippen LogP contribution in [0.2, 0.25) is 0 Å². The zero-order valence-electron chi connectivity index (χ0n) is 18.2. The molecule has 3 heterocycles. The number of benzene rings is 1. The predicted molar refractivity (Wildman–Crippen MR) is 115 cm³/mol. The summed E-state index contributed by atoms with van der Waals surface area (Å²) < 4.78 is 36.1. The summed E-state index contributed by atoms with van der Waals surface area (Å²) in [6, 6.07) is 8.94. The minimum atomic E-state index is -3.01. The molecule has 0 unspecified atom stereocenters. The number of rotatable bonds is 5. The number of carbonyl (C=O) groups is 2. The number of H-pyrrole nitrogens is 1. The van der Waals surface area contributed by atoms with Crippen LogP contribution in [0.4, 0.5) is 14.6 Å². The fraction of sp³-hybridized carbons (Fsp3) is 0.304. The second-order valence-electron chi connectivity index (χ2n) is 8.54. The Bertz CT molecular complexity index is 1300. The van der Waals surface area contributed by atoms with Crippen molar-refractivity contribution in [2.24, 2.45) is 0 Å². The summed E-state index contributed by atoms with van der Waals surface area (Å²) in [6.45, 7) is -3.01. The summed E-state index contributed by atoms with van der Waals surface area (Å²) >= 11 is 0. The average molecular weight is 486 g/mol. The second kappa shape index (κ2) is 8.31. The molecular formula is C23H20F2N4O6.